The first-order chi connectivity index (χ1) is 10.1. The number of amides is 1. The van der Waals surface area contributed by atoms with E-state index in [-0.39, 0.29) is 19.1 Å². The van der Waals surface area contributed by atoms with Crippen molar-refractivity contribution in [1.29, 1.82) is 0 Å². The van der Waals surface area contributed by atoms with Crippen LogP contribution in [-0.2, 0) is 4.79 Å². The summed E-state index contributed by atoms with van der Waals surface area (Å²) in [4.78, 5) is 14.1. The normalized spacial score (nSPS) is 18.6. The van der Waals surface area contributed by atoms with Gasteiger partial charge in [-0.05, 0) is 59.3 Å². The first kappa shape index (κ1) is 16.8. The van der Waals surface area contributed by atoms with Gasteiger partial charge in [0.15, 0.2) is 6.61 Å². The molecule has 0 aliphatic carbocycles. The molecule has 6 heteroatoms. The van der Waals surface area contributed by atoms with E-state index < -0.39 is 0 Å². The maximum absolute atomic E-state index is 12.2. The van der Waals surface area contributed by atoms with Crippen LogP contribution in [-0.4, -0.2) is 42.2 Å². The lowest BCUT2D eigenvalue weighted by atomic mass is 9.95. The van der Waals surface area contributed by atoms with Gasteiger partial charge in [0.2, 0.25) is 0 Å². The number of nitrogens with zero attached hydrogens (tertiary/aromatic N) is 1. The van der Waals surface area contributed by atoms with Crippen LogP contribution in [0.2, 0.25) is 0 Å². The Morgan fingerprint density at radius 2 is 2.24 bits per heavy atom. The van der Waals surface area contributed by atoms with Crippen LogP contribution in [0.3, 0.4) is 0 Å². The summed E-state index contributed by atoms with van der Waals surface area (Å²) in [6.07, 6.45) is 2.85. The van der Waals surface area contributed by atoms with Crippen molar-refractivity contribution in [1.82, 2.24) is 4.90 Å². The first-order valence-electron chi connectivity index (χ1n) is 7.06. The standard InChI is InChI=1S/C15H19Br2NO3/c16-12-3-4-14(13(17)8-12)21-10-15(20)18-6-1-2-11(9-18)5-7-19/h3-4,8,11,19H,1-2,5-7,9-10H2. The highest BCUT2D eigenvalue weighted by Gasteiger charge is 2.23. The molecule has 1 aliphatic heterocycles. The Labute approximate surface area is 141 Å². The monoisotopic (exact) mass is 419 g/mol. The van der Waals surface area contributed by atoms with Gasteiger partial charge in [-0.1, -0.05) is 15.9 Å². The molecule has 116 valence electrons. The van der Waals surface area contributed by atoms with Crippen molar-refractivity contribution >= 4 is 37.8 Å². The van der Waals surface area contributed by atoms with Gasteiger partial charge in [-0.3, -0.25) is 4.79 Å². The smallest absolute Gasteiger partial charge is 0.260 e. The molecular formula is C15H19Br2NO3. The number of halogens is 2. The zero-order valence-electron chi connectivity index (χ0n) is 11.7. The van der Waals surface area contributed by atoms with Crippen LogP contribution in [0.4, 0.5) is 0 Å². The van der Waals surface area contributed by atoms with Crippen LogP contribution in [0.5, 0.6) is 5.75 Å². The Balaban J connectivity index is 1.86. The van der Waals surface area contributed by atoms with E-state index >= 15 is 0 Å². The second-order valence-corrected chi connectivity index (χ2v) is 6.99. The van der Waals surface area contributed by atoms with Gasteiger partial charge >= 0.3 is 0 Å². The summed E-state index contributed by atoms with van der Waals surface area (Å²) >= 11 is 6.79. The molecule has 1 aromatic rings. The predicted octanol–water partition coefficient (Wildman–Crippen LogP) is 3.21. The highest BCUT2D eigenvalue weighted by atomic mass is 79.9. The van der Waals surface area contributed by atoms with Gasteiger partial charge in [-0.15, -0.1) is 0 Å². The van der Waals surface area contributed by atoms with Crippen molar-refractivity contribution in [2.45, 2.75) is 19.3 Å². The SMILES string of the molecule is O=C(COc1ccc(Br)cc1Br)N1CCCC(CCO)C1. The van der Waals surface area contributed by atoms with Gasteiger partial charge in [-0.25, -0.2) is 0 Å². The number of aliphatic hydroxyl groups excluding tert-OH is 1. The topological polar surface area (TPSA) is 49.8 Å². The molecule has 21 heavy (non-hydrogen) atoms. The maximum Gasteiger partial charge on any atom is 0.260 e. The zero-order valence-corrected chi connectivity index (χ0v) is 14.9. The van der Waals surface area contributed by atoms with Gasteiger partial charge in [0.1, 0.15) is 5.75 Å². The summed E-state index contributed by atoms with van der Waals surface area (Å²) in [6.45, 7) is 1.75. The van der Waals surface area contributed by atoms with Gasteiger partial charge in [-0.2, -0.15) is 0 Å². The lowest BCUT2D eigenvalue weighted by Crippen LogP contribution is -2.42. The molecule has 0 radical (unpaired) electrons. The largest absolute Gasteiger partial charge is 0.483 e. The van der Waals surface area contributed by atoms with E-state index in [0.29, 0.717) is 11.7 Å². The van der Waals surface area contributed by atoms with E-state index in [2.05, 4.69) is 31.9 Å². The summed E-state index contributed by atoms with van der Waals surface area (Å²) in [6, 6.07) is 5.59. The molecule has 1 aliphatic rings. The van der Waals surface area contributed by atoms with E-state index in [1.54, 1.807) is 0 Å². The molecule has 0 bridgehead atoms. The van der Waals surface area contributed by atoms with Crippen LogP contribution < -0.4 is 4.74 Å². The number of piperidine rings is 1. The number of ether oxygens (including phenoxy) is 1. The van der Waals surface area contributed by atoms with E-state index in [9.17, 15) is 4.79 Å². The molecule has 1 unspecified atom stereocenters. The average molecular weight is 421 g/mol. The maximum atomic E-state index is 12.2. The van der Waals surface area contributed by atoms with Crippen LogP contribution >= 0.6 is 31.9 Å². The number of likely N-dealkylation sites (tertiary alicyclic amines) is 1. The molecule has 1 fully saturated rings. The Morgan fingerprint density at radius 3 is 2.95 bits per heavy atom. The second-order valence-electron chi connectivity index (χ2n) is 5.22. The van der Waals surface area contributed by atoms with Crippen LogP contribution in [0, 0.1) is 5.92 Å². The van der Waals surface area contributed by atoms with E-state index in [1.165, 1.54) is 0 Å². The lowest BCUT2D eigenvalue weighted by molar-refractivity contribution is -0.135. The minimum atomic E-state index is 0.00691. The molecule has 1 amide bonds. The minimum absolute atomic E-state index is 0.00691. The number of carbonyl (C=O) groups is 1. The van der Waals surface area contributed by atoms with Gasteiger partial charge < -0.3 is 14.7 Å². The molecule has 0 spiro atoms. The third-order valence-electron chi connectivity index (χ3n) is 3.65. The third kappa shape index (κ3) is 4.97. The molecule has 1 saturated heterocycles. The van der Waals surface area contributed by atoms with E-state index in [1.807, 2.05) is 23.1 Å². The Bertz CT molecular complexity index is 494. The highest BCUT2D eigenvalue weighted by Crippen LogP contribution is 2.28. The molecule has 1 heterocycles. The van der Waals surface area contributed by atoms with Gasteiger partial charge in [0.05, 0.1) is 4.47 Å². The fourth-order valence-electron chi connectivity index (χ4n) is 2.53. The van der Waals surface area contributed by atoms with E-state index in [0.717, 1.165) is 41.3 Å². The molecule has 1 atom stereocenters. The summed E-state index contributed by atoms with van der Waals surface area (Å²) in [7, 11) is 0. The summed E-state index contributed by atoms with van der Waals surface area (Å²) in [5.41, 5.74) is 0. The summed E-state index contributed by atoms with van der Waals surface area (Å²) in [5, 5.41) is 9.01. The molecule has 0 saturated carbocycles. The van der Waals surface area contributed by atoms with Gasteiger partial charge in [0, 0.05) is 24.2 Å². The lowest BCUT2D eigenvalue weighted by Gasteiger charge is -2.32. The van der Waals surface area contributed by atoms with Crippen molar-refractivity contribution in [3.63, 3.8) is 0 Å². The number of rotatable bonds is 5. The van der Waals surface area contributed by atoms with Crippen molar-refractivity contribution in [3.05, 3.63) is 27.1 Å². The zero-order chi connectivity index (χ0) is 15.2. The Hall–Kier alpha value is -0.590. The van der Waals surface area contributed by atoms with Crippen LogP contribution in [0.25, 0.3) is 0 Å². The quantitative estimate of drug-likeness (QED) is 0.795. The number of hydrogen-bond donors (Lipinski definition) is 1. The third-order valence-corrected chi connectivity index (χ3v) is 4.77. The van der Waals surface area contributed by atoms with Crippen molar-refractivity contribution in [3.8, 4) is 5.75 Å². The molecule has 4 nitrogen and oxygen atoms in total. The van der Waals surface area contributed by atoms with Crippen molar-refractivity contribution in [2.24, 2.45) is 5.92 Å². The first-order valence-corrected chi connectivity index (χ1v) is 8.65. The fraction of sp³-hybridized carbons (Fsp3) is 0.533. The summed E-state index contributed by atoms with van der Waals surface area (Å²) in [5.74, 6) is 1.08. The number of benzene rings is 1. The summed E-state index contributed by atoms with van der Waals surface area (Å²) < 4.78 is 7.37. The van der Waals surface area contributed by atoms with E-state index in [4.69, 9.17) is 9.84 Å². The fourth-order valence-corrected chi connectivity index (χ4v) is 3.69. The van der Waals surface area contributed by atoms with Crippen LogP contribution in [0.15, 0.2) is 27.1 Å². The van der Waals surface area contributed by atoms with Gasteiger partial charge in [0.25, 0.3) is 5.91 Å². The highest BCUT2D eigenvalue weighted by molar-refractivity contribution is 9.11. The molecule has 1 N–H and O–H groups in total. The van der Waals surface area contributed by atoms with Crippen LogP contribution in [0.1, 0.15) is 19.3 Å². The van der Waals surface area contributed by atoms with Crippen molar-refractivity contribution < 1.29 is 14.6 Å². The number of carbonyl (C=O) groups excluding carboxylic acids is 1. The second kappa shape index (κ2) is 8.15. The molecular weight excluding hydrogens is 402 g/mol. The molecule has 1 aromatic carbocycles. The Kier molecular flexibility index (Phi) is 6.51. The average Bonchev–Trinajstić information content (AvgIpc) is 2.47. The van der Waals surface area contributed by atoms with Crippen molar-refractivity contribution in [2.75, 3.05) is 26.3 Å². The molecule has 0 aromatic heterocycles. The number of hydrogen-bond acceptors (Lipinski definition) is 3. The predicted molar refractivity (Wildman–Crippen MR) is 88.3 cm³/mol. The molecule has 2 rings (SSSR count). The number of aliphatic hydroxyl groups is 1. The minimum Gasteiger partial charge on any atom is -0.483 e. The Morgan fingerprint density at radius 1 is 1.43 bits per heavy atom.